The average Bonchev–Trinajstić information content (AvgIpc) is 3.06. The number of aromatic nitrogens is 1. The number of ether oxygens (including phenoxy) is 1. The van der Waals surface area contributed by atoms with E-state index in [1.807, 2.05) is 61.2 Å². The predicted molar refractivity (Wildman–Crippen MR) is 174 cm³/mol. The molecule has 10 nitrogen and oxygen atoms in total. The van der Waals surface area contributed by atoms with Crippen LogP contribution in [0.15, 0.2) is 47.3 Å². The third-order valence-corrected chi connectivity index (χ3v) is 9.92. The van der Waals surface area contributed by atoms with Crippen LogP contribution in [0.1, 0.15) is 53.9 Å². The molecule has 3 aliphatic rings. The molecule has 0 bridgehead atoms. The number of aryl methyl sites for hydroxylation is 2. The van der Waals surface area contributed by atoms with E-state index in [0.29, 0.717) is 51.5 Å². The van der Waals surface area contributed by atoms with Gasteiger partial charge in [-0.05, 0) is 79.7 Å². The number of phenols is 1. The number of hydrogen-bond donors (Lipinski definition) is 3. The summed E-state index contributed by atoms with van der Waals surface area (Å²) in [7, 11) is 0. The SMILES string of the molecule is Cc1cc(C[C@@H](NC(=O)N2CCC(c3cc4ccccc4[nH]c3=O)CC2)C(=O)N2CCN(C3CCOCC3)CC2)cc(C)c1O. The van der Waals surface area contributed by atoms with Crippen LogP contribution < -0.4 is 10.9 Å². The molecule has 3 N–H and O–H groups in total. The molecule has 0 aliphatic carbocycles. The van der Waals surface area contributed by atoms with Crippen molar-refractivity contribution in [2.45, 2.75) is 64.0 Å². The molecule has 3 aliphatic heterocycles. The van der Waals surface area contributed by atoms with Crippen molar-refractivity contribution in [1.82, 2.24) is 25.0 Å². The number of aromatic amines is 1. The van der Waals surface area contributed by atoms with Crippen LogP contribution in [0, 0.1) is 13.8 Å². The number of piperidine rings is 1. The maximum Gasteiger partial charge on any atom is 0.318 e. The fourth-order valence-electron chi connectivity index (χ4n) is 7.28. The minimum Gasteiger partial charge on any atom is -0.507 e. The number of aromatic hydroxyl groups is 1. The molecule has 6 rings (SSSR count). The number of H-pyrrole nitrogens is 1. The average molecular weight is 616 g/mol. The molecular weight excluding hydrogens is 570 g/mol. The largest absolute Gasteiger partial charge is 0.507 e. The van der Waals surface area contributed by atoms with Crippen molar-refractivity contribution < 1.29 is 19.4 Å². The Morgan fingerprint density at radius 1 is 0.933 bits per heavy atom. The molecule has 3 saturated heterocycles. The molecule has 3 aromatic rings. The third-order valence-electron chi connectivity index (χ3n) is 9.92. The first-order valence-corrected chi connectivity index (χ1v) is 16.3. The minimum atomic E-state index is -0.725. The number of pyridine rings is 1. The van der Waals surface area contributed by atoms with Gasteiger partial charge in [0.05, 0.1) is 0 Å². The summed E-state index contributed by atoms with van der Waals surface area (Å²) in [4.78, 5) is 49.6. The Bertz CT molecular complexity index is 1560. The molecule has 240 valence electrons. The zero-order valence-electron chi connectivity index (χ0n) is 26.4. The number of carbonyl (C=O) groups is 2. The van der Waals surface area contributed by atoms with Gasteiger partial charge in [0.2, 0.25) is 5.91 Å². The van der Waals surface area contributed by atoms with Crippen molar-refractivity contribution in [2.24, 2.45) is 0 Å². The summed E-state index contributed by atoms with van der Waals surface area (Å²) in [5.41, 5.74) is 3.91. The van der Waals surface area contributed by atoms with Crippen molar-refractivity contribution in [1.29, 1.82) is 0 Å². The highest BCUT2D eigenvalue weighted by Crippen LogP contribution is 2.28. The highest BCUT2D eigenvalue weighted by atomic mass is 16.5. The van der Waals surface area contributed by atoms with E-state index >= 15 is 0 Å². The van der Waals surface area contributed by atoms with Crippen molar-refractivity contribution in [2.75, 3.05) is 52.5 Å². The zero-order valence-corrected chi connectivity index (χ0v) is 26.4. The Labute approximate surface area is 264 Å². The van der Waals surface area contributed by atoms with Gasteiger partial charge in [-0.15, -0.1) is 0 Å². The lowest BCUT2D eigenvalue weighted by atomic mass is 9.89. The normalized spacial score (nSPS) is 19.5. The Balaban J connectivity index is 1.12. The van der Waals surface area contributed by atoms with Gasteiger partial charge in [-0.2, -0.15) is 0 Å². The van der Waals surface area contributed by atoms with Crippen LogP contribution in [0.2, 0.25) is 0 Å². The van der Waals surface area contributed by atoms with Crippen LogP contribution in [0.5, 0.6) is 5.75 Å². The van der Waals surface area contributed by atoms with Crippen LogP contribution in [0.3, 0.4) is 0 Å². The summed E-state index contributed by atoms with van der Waals surface area (Å²) in [5.74, 6) is 0.244. The first kappa shape index (κ1) is 31.1. The summed E-state index contributed by atoms with van der Waals surface area (Å²) in [5, 5.41) is 14.4. The quantitative estimate of drug-likeness (QED) is 0.390. The lowest BCUT2D eigenvalue weighted by molar-refractivity contribution is -0.135. The van der Waals surface area contributed by atoms with Gasteiger partial charge >= 0.3 is 6.03 Å². The maximum absolute atomic E-state index is 14.0. The Kier molecular flexibility index (Phi) is 9.42. The smallest absolute Gasteiger partial charge is 0.318 e. The molecule has 3 fully saturated rings. The summed E-state index contributed by atoms with van der Waals surface area (Å²) < 4.78 is 5.53. The van der Waals surface area contributed by atoms with Crippen molar-refractivity contribution in [3.63, 3.8) is 0 Å². The van der Waals surface area contributed by atoms with Crippen molar-refractivity contribution in [3.8, 4) is 5.75 Å². The topological polar surface area (TPSA) is 118 Å². The standard InChI is InChI=1S/C35H45N5O5/c1-23-19-25(20-24(2)32(23)41)21-31(34(43)39-15-13-38(14-16-39)28-9-17-45-18-10-28)37-35(44)40-11-7-26(8-12-40)29-22-27-5-3-4-6-30(27)36-33(29)42/h3-6,19-20,22,26,28,31,41H,7-18,21H2,1-2H3,(H,36,42)(H,37,44)/t31-/m1/s1. The van der Waals surface area contributed by atoms with Crippen LogP contribution >= 0.6 is 0 Å². The van der Waals surface area contributed by atoms with Crippen LogP contribution in [0.25, 0.3) is 10.9 Å². The molecule has 0 unspecified atom stereocenters. The first-order valence-electron chi connectivity index (χ1n) is 16.3. The van der Waals surface area contributed by atoms with Crippen molar-refractivity contribution in [3.05, 3.63) is 75.1 Å². The summed E-state index contributed by atoms with van der Waals surface area (Å²) in [6.45, 7) is 9.17. The van der Waals surface area contributed by atoms with Crippen LogP contribution in [-0.2, 0) is 16.0 Å². The summed E-state index contributed by atoms with van der Waals surface area (Å²) >= 11 is 0. The van der Waals surface area contributed by atoms with Gasteiger partial charge in [0.15, 0.2) is 0 Å². The van der Waals surface area contributed by atoms with Gasteiger partial charge in [0, 0.05) is 76.0 Å². The number of piperazine rings is 1. The van der Waals surface area contributed by atoms with E-state index in [4.69, 9.17) is 4.74 Å². The summed E-state index contributed by atoms with van der Waals surface area (Å²) in [6, 6.07) is 13.0. The Morgan fingerprint density at radius 2 is 1.60 bits per heavy atom. The van der Waals surface area contributed by atoms with Gasteiger partial charge < -0.3 is 29.9 Å². The number of para-hydroxylation sites is 1. The minimum absolute atomic E-state index is 0.0646. The number of fused-ring (bicyclic) bond motifs is 1. The number of nitrogens with zero attached hydrogens (tertiary/aromatic N) is 3. The van der Waals surface area contributed by atoms with Crippen LogP contribution in [0.4, 0.5) is 4.79 Å². The monoisotopic (exact) mass is 615 g/mol. The Morgan fingerprint density at radius 3 is 2.29 bits per heavy atom. The van der Waals surface area contributed by atoms with Gasteiger partial charge in [-0.1, -0.05) is 30.3 Å². The van der Waals surface area contributed by atoms with E-state index in [1.165, 1.54) is 0 Å². The van der Waals surface area contributed by atoms with E-state index in [-0.39, 0.29) is 29.2 Å². The molecule has 0 radical (unpaired) electrons. The van der Waals surface area contributed by atoms with Gasteiger partial charge in [0.25, 0.3) is 5.56 Å². The number of carbonyl (C=O) groups excluding carboxylic acids is 2. The number of nitrogens with one attached hydrogen (secondary N) is 2. The number of hydrogen-bond acceptors (Lipinski definition) is 6. The second-order valence-electron chi connectivity index (χ2n) is 12.9. The van der Waals surface area contributed by atoms with E-state index in [1.54, 1.807) is 4.90 Å². The molecule has 4 heterocycles. The number of likely N-dealkylation sites (tertiary alicyclic amines) is 1. The van der Waals surface area contributed by atoms with E-state index in [2.05, 4.69) is 15.2 Å². The number of benzene rings is 2. The molecular formula is C35H45N5O5. The van der Waals surface area contributed by atoms with Gasteiger partial charge in [-0.25, -0.2) is 4.79 Å². The molecule has 0 spiro atoms. The van der Waals surface area contributed by atoms with Gasteiger partial charge in [0.1, 0.15) is 11.8 Å². The van der Waals surface area contributed by atoms with Gasteiger partial charge in [-0.3, -0.25) is 14.5 Å². The predicted octanol–water partition coefficient (Wildman–Crippen LogP) is 3.67. The Hall–Kier alpha value is -3.89. The number of urea groups is 1. The summed E-state index contributed by atoms with van der Waals surface area (Å²) in [6.07, 6.45) is 3.75. The highest BCUT2D eigenvalue weighted by molar-refractivity contribution is 5.87. The number of phenolic OH excluding ortho intramolecular Hbond substituents is 1. The second kappa shape index (κ2) is 13.6. The molecule has 1 aromatic heterocycles. The van der Waals surface area contributed by atoms with Crippen molar-refractivity contribution >= 4 is 22.8 Å². The van der Waals surface area contributed by atoms with E-state index < -0.39 is 6.04 Å². The molecule has 45 heavy (non-hydrogen) atoms. The highest BCUT2D eigenvalue weighted by Gasteiger charge is 2.33. The molecule has 2 aromatic carbocycles. The lowest BCUT2D eigenvalue weighted by Gasteiger charge is -2.41. The fourth-order valence-corrected chi connectivity index (χ4v) is 7.28. The van der Waals surface area contributed by atoms with E-state index in [0.717, 1.165) is 72.3 Å². The fraction of sp³-hybridized carbons (Fsp3) is 0.514. The molecule has 3 amide bonds. The lowest BCUT2D eigenvalue weighted by Crippen LogP contribution is -2.58. The molecule has 0 saturated carbocycles. The number of amides is 3. The van der Waals surface area contributed by atoms with Crippen LogP contribution in [-0.4, -0.2) is 101 Å². The second-order valence-corrected chi connectivity index (χ2v) is 12.9. The zero-order chi connectivity index (χ0) is 31.5. The van der Waals surface area contributed by atoms with E-state index in [9.17, 15) is 19.5 Å². The molecule has 10 heteroatoms. The molecule has 1 atom stereocenters. The number of rotatable bonds is 6. The first-order chi connectivity index (χ1) is 21.8. The maximum atomic E-state index is 14.0. The third kappa shape index (κ3) is 7.02.